The van der Waals surface area contributed by atoms with Crippen molar-refractivity contribution in [1.29, 1.82) is 0 Å². The fraction of sp³-hybridized carbons (Fsp3) is 0.280. The molecular weight excluding hydrogens is 1120 g/mol. The van der Waals surface area contributed by atoms with Gasteiger partial charge in [0.15, 0.2) is 0 Å². The van der Waals surface area contributed by atoms with Crippen LogP contribution in [0.3, 0.4) is 0 Å². The van der Waals surface area contributed by atoms with E-state index in [1.807, 2.05) is 0 Å². The molecule has 0 radical (unpaired) electrons. The van der Waals surface area contributed by atoms with E-state index < -0.39 is 115 Å². The number of benzene rings is 6. The summed E-state index contributed by atoms with van der Waals surface area (Å²) in [5.41, 5.74) is -13.9. The van der Waals surface area contributed by atoms with Gasteiger partial charge in [-0.2, -0.15) is 0 Å². The molecule has 0 saturated carbocycles. The molecule has 0 spiro atoms. The van der Waals surface area contributed by atoms with Crippen LogP contribution in [0.25, 0.3) is 0 Å². The van der Waals surface area contributed by atoms with Crippen LogP contribution in [-0.2, 0) is 29.4 Å². The van der Waals surface area contributed by atoms with Gasteiger partial charge in [-0.25, -0.2) is 0 Å². The van der Waals surface area contributed by atoms with Gasteiger partial charge in [0.05, 0.1) is 0 Å². The Bertz CT molecular complexity index is 2610. The van der Waals surface area contributed by atoms with E-state index in [1.54, 1.807) is 41.5 Å². The summed E-state index contributed by atoms with van der Waals surface area (Å²) >= 11 is -17.0. The van der Waals surface area contributed by atoms with E-state index in [4.69, 9.17) is 7.32 Å². The van der Waals surface area contributed by atoms with Crippen LogP contribution in [0.2, 0.25) is 0 Å². The Balaban J connectivity index is 1.75. The van der Waals surface area contributed by atoms with Crippen LogP contribution in [0.5, 0.6) is 0 Å². The van der Waals surface area contributed by atoms with Crippen LogP contribution in [0.4, 0.5) is 52.7 Å². The van der Waals surface area contributed by atoms with Crippen LogP contribution >= 0.6 is 0 Å². The van der Waals surface area contributed by atoms with Gasteiger partial charge in [0.1, 0.15) is 0 Å². The summed E-state index contributed by atoms with van der Waals surface area (Å²) in [4.78, 5) is 0. The summed E-state index contributed by atoms with van der Waals surface area (Å²) in [7, 11) is 0. The number of fused-ring (bicyclic) bond motifs is 2. The Hall–Kier alpha value is -4.00. The summed E-state index contributed by atoms with van der Waals surface area (Å²) in [6.07, 6.45) is -25.6. The zero-order valence-corrected chi connectivity index (χ0v) is 41.8. The monoisotopic (exact) mass is 1160 g/mol. The topological polar surface area (TPSA) is 27.7 Å². The van der Waals surface area contributed by atoms with Crippen molar-refractivity contribution in [3.8, 4) is 0 Å². The molecule has 0 bridgehead atoms. The van der Waals surface area contributed by atoms with E-state index in [0.29, 0.717) is 23.3 Å². The first kappa shape index (κ1) is 49.4. The first-order valence-electron chi connectivity index (χ1n) is 20.9. The van der Waals surface area contributed by atoms with E-state index in [9.17, 15) is 0 Å². The zero-order chi connectivity index (χ0) is 49.2. The Morgan fingerprint density at radius 1 is 0.343 bits per heavy atom. The van der Waals surface area contributed by atoms with Gasteiger partial charge in [0.25, 0.3) is 0 Å². The van der Waals surface area contributed by atoms with Crippen molar-refractivity contribution in [2.45, 2.75) is 88.3 Å². The Labute approximate surface area is 383 Å². The van der Waals surface area contributed by atoms with E-state index in [-0.39, 0.29) is 0 Å². The molecule has 0 atom stereocenters. The maximum atomic E-state index is 16.4. The van der Waals surface area contributed by atoms with E-state index in [1.165, 1.54) is 84.9 Å². The van der Waals surface area contributed by atoms with Gasteiger partial charge in [-0.3, -0.25) is 0 Å². The Morgan fingerprint density at radius 2 is 0.597 bits per heavy atom. The molecule has 3 nitrogen and oxygen atoms in total. The van der Waals surface area contributed by atoms with Crippen molar-refractivity contribution in [2.24, 2.45) is 0 Å². The standard InChI is InChI=1S/2C10H13.2C9H4F6O.2C6H5.O.2Sb/c2*1-10(2,3)9-7-5-4-6-8-9;2*10-8(11,12)7(16,9(13,14)15)6-4-2-1-3-5-6;2*1-2-4-6-5-3-1;;;/h2*5-8H,1-3H3;2*1-4H;2*1-5H;;;/q;;2*-1;;;;2*+1. The van der Waals surface area contributed by atoms with Gasteiger partial charge in [0.2, 0.25) is 0 Å². The summed E-state index contributed by atoms with van der Waals surface area (Å²) in [6.45, 7) is 10.7. The van der Waals surface area contributed by atoms with Gasteiger partial charge in [-0.15, -0.1) is 0 Å². The third-order valence-corrected chi connectivity index (χ3v) is 51.4. The predicted molar refractivity (Wildman–Crippen MR) is 236 cm³/mol. The van der Waals surface area contributed by atoms with Gasteiger partial charge >= 0.3 is 386 Å². The van der Waals surface area contributed by atoms with Crippen molar-refractivity contribution in [3.63, 3.8) is 0 Å². The van der Waals surface area contributed by atoms with Crippen LogP contribution in [-0.4, -0.2) is 61.2 Å². The van der Waals surface area contributed by atoms with Gasteiger partial charge in [0, 0.05) is 0 Å². The van der Waals surface area contributed by atoms with Crippen LogP contribution in [0.1, 0.15) is 63.8 Å². The molecule has 2 aliphatic rings. The second kappa shape index (κ2) is 15.2. The Kier molecular flexibility index (Phi) is 11.2. The molecule has 2 aliphatic heterocycles. The summed E-state index contributed by atoms with van der Waals surface area (Å²) in [6, 6.07) is 30.3. The molecule has 6 aromatic carbocycles. The summed E-state index contributed by atoms with van der Waals surface area (Å²) in [5, 5.41) is 0. The number of rotatable bonds is 6. The van der Waals surface area contributed by atoms with Gasteiger partial charge in [-0.05, 0) is 0 Å². The quantitative estimate of drug-likeness (QED) is 0.123. The summed E-state index contributed by atoms with van der Waals surface area (Å²) < 4.78 is 213. The molecular formula is C50H44F12O3Sb2. The third-order valence-electron chi connectivity index (χ3n) is 12.8. The molecule has 0 aliphatic carbocycles. The summed E-state index contributed by atoms with van der Waals surface area (Å²) in [5.74, 6) is 0. The van der Waals surface area contributed by atoms with Gasteiger partial charge < -0.3 is 0 Å². The SMILES string of the molecule is CC(C)(C)c1cc[c]([Sb]2([O][Sb]3([c]4ccccc4)([c]4ccc(C(C)(C)C)cc4)[O]C(C(F)(F)F)(C(F)(F)F)c4cccc[c]43)([c]3ccccc3)[O]C(C(F)(F)F)(C(F)(F)F)c3cccc[c]32)cc1. The molecule has 8 rings (SSSR count). The molecule has 0 N–H and O–H groups in total. The second-order valence-corrected chi connectivity index (χ2v) is 43.0. The average Bonchev–Trinajstić information content (AvgIpc) is 3.72. The average molecular weight is 1160 g/mol. The maximum absolute atomic E-state index is 16.4. The van der Waals surface area contributed by atoms with Crippen molar-refractivity contribution >= 4 is 57.5 Å². The molecule has 0 fully saturated rings. The first-order valence-corrected chi connectivity index (χ1v) is 32.7. The third kappa shape index (κ3) is 6.59. The molecule has 2 heterocycles. The molecule has 356 valence electrons. The first-order chi connectivity index (χ1) is 30.9. The van der Waals surface area contributed by atoms with E-state index >= 15 is 52.7 Å². The predicted octanol–water partition coefficient (Wildman–Crippen LogP) is 10.5. The van der Waals surface area contributed by atoms with Crippen LogP contribution in [0, 0.1) is 0 Å². The van der Waals surface area contributed by atoms with Crippen LogP contribution < -0.4 is 21.1 Å². The molecule has 0 saturated heterocycles. The minimum atomic E-state index is -8.50. The van der Waals surface area contributed by atoms with Crippen molar-refractivity contribution in [2.75, 3.05) is 0 Å². The van der Waals surface area contributed by atoms with Crippen molar-refractivity contribution in [3.05, 3.63) is 180 Å². The Morgan fingerprint density at radius 3 is 0.866 bits per heavy atom. The van der Waals surface area contributed by atoms with Gasteiger partial charge in [-0.1, -0.05) is 0 Å². The fourth-order valence-corrected chi connectivity index (χ4v) is 61.6. The number of alkyl halides is 12. The van der Waals surface area contributed by atoms with Crippen LogP contribution in [0.15, 0.2) is 158 Å². The van der Waals surface area contributed by atoms with Crippen molar-refractivity contribution in [1.82, 2.24) is 0 Å². The molecule has 67 heavy (non-hydrogen) atoms. The zero-order valence-electron chi connectivity index (χ0n) is 36.7. The van der Waals surface area contributed by atoms with E-state index in [0.717, 1.165) is 60.7 Å². The number of hydrogen-bond acceptors (Lipinski definition) is 3. The fourth-order valence-electron chi connectivity index (χ4n) is 9.64. The normalized spacial score (nSPS) is 20.6. The molecule has 17 heteroatoms. The molecule has 0 amide bonds. The molecule has 6 aromatic rings. The molecule has 0 unspecified atom stereocenters. The molecule has 0 aromatic heterocycles. The number of halogens is 12. The van der Waals surface area contributed by atoms with E-state index in [2.05, 4.69) is 0 Å². The second-order valence-electron chi connectivity index (χ2n) is 18.8. The number of hydrogen-bond donors (Lipinski definition) is 0. The minimum absolute atomic E-state index is 0.456. The van der Waals surface area contributed by atoms with Crippen molar-refractivity contribution < 1.29 is 60.0 Å².